The van der Waals surface area contributed by atoms with E-state index in [0.29, 0.717) is 11.3 Å². The van der Waals surface area contributed by atoms with Crippen LogP contribution < -0.4 is 5.32 Å². The summed E-state index contributed by atoms with van der Waals surface area (Å²) in [4.78, 5) is 11.9. The Morgan fingerprint density at radius 2 is 1.64 bits per heavy atom. The van der Waals surface area contributed by atoms with Crippen LogP contribution in [0.15, 0.2) is 54.6 Å². The van der Waals surface area contributed by atoms with E-state index in [2.05, 4.69) is 5.32 Å². The lowest BCUT2D eigenvalue weighted by Crippen LogP contribution is -2.22. The lowest BCUT2D eigenvalue weighted by molar-refractivity contribution is -0.141. The fraction of sp³-hybridized carbons (Fsp3) is 0.188. The standard InChI is InChI=1S/C16H14F3NO2/c1-22-15(21)14(20-13-5-3-2-4-6-13)11-7-9-12(10-8-11)16(17,18)19/h2-10,14,20H,1H3. The summed E-state index contributed by atoms with van der Waals surface area (Å²) >= 11 is 0. The van der Waals surface area contributed by atoms with E-state index in [4.69, 9.17) is 4.74 Å². The number of esters is 1. The van der Waals surface area contributed by atoms with Crippen LogP contribution in [0.25, 0.3) is 0 Å². The smallest absolute Gasteiger partial charge is 0.416 e. The van der Waals surface area contributed by atoms with Crippen LogP contribution in [0, 0.1) is 0 Å². The van der Waals surface area contributed by atoms with Crippen LogP contribution >= 0.6 is 0 Å². The third-order valence-electron chi connectivity index (χ3n) is 3.09. The van der Waals surface area contributed by atoms with Gasteiger partial charge >= 0.3 is 12.1 Å². The van der Waals surface area contributed by atoms with Crippen molar-refractivity contribution in [3.05, 3.63) is 65.7 Å². The summed E-state index contributed by atoms with van der Waals surface area (Å²) in [5, 5.41) is 2.95. The molecule has 0 heterocycles. The molecule has 0 spiro atoms. The SMILES string of the molecule is COC(=O)C(Nc1ccccc1)c1ccc(C(F)(F)F)cc1. The number of para-hydroxylation sites is 1. The van der Waals surface area contributed by atoms with E-state index >= 15 is 0 Å². The molecule has 0 amide bonds. The Morgan fingerprint density at radius 3 is 2.14 bits per heavy atom. The summed E-state index contributed by atoms with van der Waals surface area (Å²) in [5.74, 6) is -0.580. The zero-order chi connectivity index (χ0) is 16.2. The molecule has 0 bridgehead atoms. The minimum Gasteiger partial charge on any atom is -0.467 e. The molecule has 1 N–H and O–H groups in total. The van der Waals surface area contributed by atoms with Gasteiger partial charge in [0.25, 0.3) is 0 Å². The molecule has 0 fully saturated rings. The van der Waals surface area contributed by atoms with Crippen molar-refractivity contribution < 1.29 is 22.7 Å². The quantitative estimate of drug-likeness (QED) is 0.867. The van der Waals surface area contributed by atoms with E-state index in [9.17, 15) is 18.0 Å². The van der Waals surface area contributed by atoms with E-state index in [-0.39, 0.29) is 0 Å². The second-order valence-electron chi connectivity index (χ2n) is 4.59. The Bertz CT molecular complexity index is 624. The first kappa shape index (κ1) is 15.9. The molecule has 3 nitrogen and oxygen atoms in total. The van der Waals surface area contributed by atoms with Gasteiger partial charge in [0.2, 0.25) is 0 Å². The number of anilines is 1. The first-order valence-electron chi connectivity index (χ1n) is 6.48. The minimum absolute atomic E-state index is 0.392. The van der Waals surface area contributed by atoms with Gasteiger partial charge in [0.1, 0.15) is 0 Å². The van der Waals surface area contributed by atoms with Gasteiger partial charge in [-0.1, -0.05) is 30.3 Å². The van der Waals surface area contributed by atoms with Crippen LogP contribution in [-0.2, 0) is 15.7 Å². The first-order chi connectivity index (χ1) is 10.4. The Kier molecular flexibility index (Phi) is 4.70. The maximum atomic E-state index is 12.6. The molecule has 116 valence electrons. The van der Waals surface area contributed by atoms with Crippen molar-refractivity contribution in [2.45, 2.75) is 12.2 Å². The first-order valence-corrected chi connectivity index (χ1v) is 6.48. The van der Waals surface area contributed by atoms with Gasteiger partial charge in [-0.25, -0.2) is 4.79 Å². The third-order valence-corrected chi connectivity index (χ3v) is 3.09. The molecule has 6 heteroatoms. The van der Waals surface area contributed by atoms with Gasteiger partial charge in [-0.2, -0.15) is 13.2 Å². The molecule has 2 aromatic rings. The van der Waals surface area contributed by atoms with E-state index in [1.165, 1.54) is 19.2 Å². The second kappa shape index (κ2) is 6.51. The number of halogens is 3. The summed E-state index contributed by atoms with van der Waals surface area (Å²) < 4.78 is 42.5. The maximum Gasteiger partial charge on any atom is 0.416 e. The van der Waals surface area contributed by atoms with Gasteiger partial charge in [-0.15, -0.1) is 0 Å². The Labute approximate surface area is 125 Å². The van der Waals surface area contributed by atoms with Crippen molar-refractivity contribution in [3.63, 3.8) is 0 Å². The summed E-state index contributed by atoms with van der Waals surface area (Å²) in [6.45, 7) is 0. The highest BCUT2D eigenvalue weighted by atomic mass is 19.4. The molecule has 2 aromatic carbocycles. The number of nitrogens with one attached hydrogen (secondary N) is 1. The van der Waals surface area contributed by atoms with Crippen molar-refractivity contribution in [1.82, 2.24) is 0 Å². The van der Waals surface area contributed by atoms with Crippen LogP contribution in [-0.4, -0.2) is 13.1 Å². The highest BCUT2D eigenvalue weighted by Gasteiger charge is 2.31. The van der Waals surface area contributed by atoms with Crippen LogP contribution in [0.2, 0.25) is 0 Å². The van der Waals surface area contributed by atoms with Crippen molar-refractivity contribution in [2.75, 3.05) is 12.4 Å². The molecule has 2 rings (SSSR count). The lowest BCUT2D eigenvalue weighted by Gasteiger charge is -2.18. The fourth-order valence-electron chi connectivity index (χ4n) is 1.96. The average Bonchev–Trinajstić information content (AvgIpc) is 2.52. The Morgan fingerprint density at radius 1 is 1.05 bits per heavy atom. The number of carbonyl (C=O) groups excluding carboxylic acids is 1. The molecule has 0 aromatic heterocycles. The molecule has 0 aliphatic heterocycles. The van der Waals surface area contributed by atoms with Crippen molar-refractivity contribution in [2.24, 2.45) is 0 Å². The van der Waals surface area contributed by atoms with Gasteiger partial charge in [0.05, 0.1) is 12.7 Å². The molecule has 0 saturated heterocycles. The lowest BCUT2D eigenvalue weighted by atomic mass is 10.0. The predicted molar refractivity (Wildman–Crippen MR) is 76.3 cm³/mol. The maximum absolute atomic E-state index is 12.6. The van der Waals surface area contributed by atoms with Gasteiger partial charge in [-0.05, 0) is 29.8 Å². The largest absolute Gasteiger partial charge is 0.467 e. The molecule has 1 unspecified atom stereocenters. The topological polar surface area (TPSA) is 38.3 Å². The fourth-order valence-corrected chi connectivity index (χ4v) is 1.96. The summed E-state index contributed by atoms with van der Waals surface area (Å²) in [5.41, 5.74) is 0.293. The van der Waals surface area contributed by atoms with Crippen LogP contribution in [0.3, 0.4) is 0 Å². The Balaban J connectivity index is 2.28. The molecule has 1 atom stereocenters. The van der Waals surface area contributed by atoms with Crippen molar-refractivity contribution >= 4 is 11.7 Å². The number of hydrogen-bond acceptors (Lipinski definition) is 3. The molecular formula is C16H14F3NO2. The zero-order valence-electron chi connectivity index (χ0n) is 11.7. The average molecular weight is 309 g/mol. The van der Waals surface area contributed by atoms with Crippen LogP contribution in [0.4, 0.5) is 18.9 Å². The van der Waals surface area contributed by atoms with E-state index in [1.54, 1.807) is 24.3 Å². The van der Waals surface area contributed by atoms with Crippen molar-refractivity contribution in [1.29, 1.82) is 0 Å². The van der Waals surface area contributed by atoms with Crippen LogP contribution in [0.5, 0.6) is 0 Å². The molecule has 0 saturated carbocycles. The summed E-state index contributed by atoms with van der Waals surface area (Å²) in [6, 6.07) is 12.4. The van der Waals surface area contributed by atoms with Gasteiger partial charge in [0, 0.05) is 5.69 Å². The summed E-state index contributed by atoms with van der Waals surface area (Å²) in [6.07, 6.45) is -4.41. The van der Waals surface area contributed by atoms with Gasteiger partial charge in [0.15, 0.2) is 6.04 Å². The molecule has 0 aliphatic rings. The molecular weight excluding hydrogens is 295 g/mol. The van der Waals surface area contributed by atoms with Crippen LogP contribution in [0.1, 0.15) is 17.2 Å². The predicted octanol–water partition coefficient (Wildman–Crippen LogP) is 4.03. The van der Waals surface area contributed by atoms with Gasteiger partial charge in [-0.3, -0.25) is 0 Å². The van der Waals surface area contributed by atoms with E-state index in [0.717, 1.165) is 12.1 Å². The van der Waals surface area contributed by atoms with Gasteiger partial charge < -0.3 is 10.1 Å². The number of ether oxygens (including phenoxy) is 1. The normalized spacial score (nSPS) is 12.5. The van der Waals surface area contributed by atoms with E-state index < -0.39 is 23.8 Å². The van der Waals surface area contributed by atoms with E-state index in [1.807, 2.05) is 6.07 Å². The number of carbonyl (C=O) groups is 1. The van der Waals surface area contributed by atoms with Crippen molar-refractivity contribution in [3.8, 4) is 0 Å². The number of hydrogen-bond donors (Lipinski definition) is 1. The zero-order valence-corrected chi connectivity index (χ0v) is 11.7. The second-order valence-corrected chi connectivity index (χ2v) is 4.59. The number of rotatable bonds is 4. The monoisotopic (exact) mass is 309 g/mol. The third kappa shape index (κ3) is 3.78. The molecule has 0 radical (unpaired) electrons. The number of methoxy groups -OCH3 is 1. The molecule has 22 heavy (non-hydrogen) atoms. The number of alkyl halides is 3. The molecule has 0 aliphatic carbocycles. The minimum atomic E-state index is -4.41. The number of benzene rings is 2. The highest BCUT2D eigenvalue weighted by molar-refractivity contribution is 5.81. The Hall–Kier alpha value is -2.50. The highest BCUT2D eigenvalue weighted by Crippen LogP contribution is 2.30. The summed E-state index contributed by atoms with van der Waals surface area (Å²) in [7, 11) is 1.23.